The smallest absolute Gasteiger partial charge is 0.374 e. The summed E-state index contributed by atoms with van der Waals surface area (Å²) in [5.74, 6) is -2.49. The molecule has 0 aliphatic rings. The van der Waals surface area contributed by atoms with Gasteiger partial charge in [-0.3, -0.25) is 14.4 Å². The summed E-state index contributed by atoms with van der Waals surface area (Å²) in [6.45, 7) is 5.49. The first-order valence-electron chi connectivity index (χ1n) is 11.3. The number of aryl methyl sites for hydroxylation is 3. The fourth-order valence-corrected chi connectivity index (χ4v) is 5.63. The van der Waals surface area contributed by atoms with Crippen molar-refractivity contribution in [2.75, 3.05) is 0 Å². The van der Waals surface area contributed by atoms with Crippen molar-refractivity contribution in [3.8, 4) is 0 Å². The van der Waals surface area contributed by atoms with Crippen molar-refractivity contribution in [3.05, 3.63) is 106 Å². The molecule has 3 aromatic carbocycles. The zero-order valence-corrected chi connectivity index (χ0v) is 24.0. The summed E-state index contributed by atoms with van der Waals surface area (Å²) >= 11 is 13.2. The number of carbonyl (C=O) groups excluding carboxylic acids is 3. The summed E-state index contributed by atoms with van der Waals surface area (Å²) in [4.78, 5) is 38.9. The molecule has 3 unspecified atom stereocenters. The Bertz CT molecular complexity index is 1130. The van der Waals surface area contributed by atoms with Gasteiger partial charge in [-0.05, 0) is 54.2 Å². The van der Waals surface area contributed by atoms with Crippen LogP contribution in [0, 0.1) is 20.8 Å². The zero-order valence-electron chi connectivity index (χ0n) is 20.4. The Balaban J connectivity index is 1.82. The van der Waals surface area contributed by atoms with Crippen LogP contribution in [-0.4, -0.2) is 17.9 Å². The highest BCUT2D eigenvalue weighted by atomic mass is 32.1. The Morgan fingerprint density at radius 3 is 1.03 bits per heavy atom. The Morgan fingerprint density at radius 1 is 0.541 bits per heavy atom. The molecule has 3 rings (SSSR count). The van der Waals surface area contributed by atoms with Crippen LogP contribution >= 0.6 is 46.5 Å². The predicted octanol–water partition coefficient (Wildman–Crippen LogP) is 6.78. The van der Waals surface area contributed by atoms with Crippen LogP contribution in [-0.2, 0) is 28.0 Å². The van der Waals surface area contributed by atoms with Crippen molar-refractivity contribution in [2.24, 2.45) is 0 Å². The summed E-state index contributed by atoms with van der Waals surface area (Å²) in [5, 5.41) is -2.97. The van der Waals surface area contributed by atoms with Crippen molar-refractivity contribution in [1.82, 2.24) is 0 Å². The molecule has 0 fully saturated rings. The van der Waals surface area contributed by atoms with E-state index in [-0.39, 0.29) is 0 Å². The lowest BCUT2D eigenvalue weighted by molar-refractivity contribution is -0.141. The first-order chi connectivity index (χ1) is 17.6. The summed E-state index contributed by atoms with van der Waals surface area (Å²) in [6.07, 6.45) is 0. The molecule has 0 aliphatic carbocycles. The fourth-order valence-electron chi connectivity index (χ4n) is 3.49. The molecule has 3 atom stereocenters. The van der Waals surface area contributed by atoms with Crippen LogP contribution in [0.2, 0.25) is 0 Å². The number of benzene rings is 3. The average Bonchev–Trinajstić information content (AvgIpc) is 2.88. The van der Waals surface area contributed by atoms with E-state index >= 15 is 0 Å². The third-order valence-corrected chi connectivity index (χ3v) is 8.07. The molecule has 0 aromatic heterocycles. The van der Waals surface area contributed by atoms with E-state index in [1.165, 1.54) is 0 Å². The largest absolute Gasteiger partial charge is 0.537 e. The lowest BCUT2D eigenvalue weighted by Gasteiger charge is -2.21. The number of hydrogen-bond donors (Lipinski definition) is 3. The van der Waals surface area contributed by atoms with Crippen LogP contribution in [0.5, 0.6) is 0 Å². The van der Waals surface area contributed by atoms with Crippen molar-refractivity contribution in [3.63, 3.8) is 0 Å². The SMILES string of the molecule is Cc1ccccc1C(S)C(=O)OP(OC(=O)C(S)c1ccccc1C)OC(=O)C(S)c1ccccc1C. The van der Waals surface area contributed by atoms with Crippen molar-refractivity contribution < 1.29 is 28.0 Å². The number of thiol groups is 3. The lowest BCUT2D eigenvalue weighted by Crippen LogP contribution is -2.18. The van der Waals surface area contributed by atoms with Gasteiger partial charge in [0.05, 0.1) is 0 Å². The van der Waals surface area contributed by atoms with Gasteiger partial charge in [0.25, 0.3) is 0 Å². The summed E-state index contributed by atoms with van der Waals surface area (Å²) in [7, 11) is -2.77. The van der Waals surface area contributed by atoms with Crippen LogP contribution < -0.4 is 0 Å². The molecule has 10 heteroatoms. The Labute approximate surface area is 234 Å². The van der Waals surface area contributed by atoms with Crippen LogP contribution in [0.1, 0.15) is 49.1 Å². The molecule has 0 amide bonds. The van der Waals surface area contributed by atoms with Gasteiger partial charge in [0.2, 0.25) is 0 Å². The molecule has 6 nitrogen and oxygen atoms in total. The van der Waals surface area contributed by atoms with Gasteiger partial charge in [0.15, 0.2) is 0 Å². The first-order valence-corrected chi connectivity index (χ1v) is 13.9. The molecule has 0 saturated heterocycles. The van der Waals surface area contributed by atoms with Crippen molar-refractivity contribution in [2.45, 2.75) is 36.5 Å². The predicted molar refractivity (Wildman–Crippen MR) is 154 cm³/mol. The average molecular weight is 575 g/mol. The molecule has 3 aromatic rings. The number of rotatable bonds is 9. The third kappa shape index (κ3) is 7.54. The molecule has 0 aliphatic heterocycles. The highest BCUT2D eigenvalue weighted by Gasteiger charge is 2.35. The molecule has 0 N–H and O–H groups in total. The Morgan fingerprint density at radius 2 is 0.784 bits per heavy atom. The summed E-state index contributed by atoms with van der Waals surface area (Å²) in [6, 6.07) is 21.5. The van der Waals surface area contributed by atoms with Gasteiger partial charge in [-0.15, -0.1) is 0 Å². The molecule has 37 heavy (non-hydrogen) atoms. The molecule has 0 spiro atoms. The Kier molecular flexibility index (Phi) is 10.5. The lowest BCUT2D eigenvalue weighted by atomic mass is 10.1. The minimum atomic E-state index is -2.77. The minimum Gasteiger partial charge on any atom is -0.374 e. The van der Waals surface area contributed by atoms with Crippen molar-refractivity contribution in [1.29, 1.82) is 0 Å². The van der Waals surface area contributed by atoms with E-state index in [0.29, 0.717) is 16.7 Å². The highest BCUT2D eigenvalue weighted by Crippen LogP contribution is 2.46. The maximum atomic E-state index is 13.0. The van der Waals surface area contributed by atoms with E-state index in [9.17, 15) is 14.4 Å². The van der Waals surface area contributed by atoms with E-state index < -0.39 is 42.3 Å². The van der Waals surface area contributed by atoms with E-state index in [1.807, 2.05) is 57.2 Å². The third-order valence-electron chi connectivity index (χ3n) is 5.61. The van der Waals surface area contributed by atoms with Gasteiger partial charge in [-0.1, -0.05) is 72.8 Å². The van der Waals surface area contributed by atoms with Gasteiger partial charge < -0.3 is 13.6 Å². The summed E-state index contributed by atoms with van der Waals surface area (Å²) in [5.41, 5.74) is 4.31. The fraction of sp³-hybridized carbons (Fsp3) is 0.222. The molecular weight excluding hydrogens is 547 g/mol. The maximum absolute atomic E-state index is 13.0. The maximum Gasteiger partial charge on any atom is 0.537 e. The quantitative estimate of drug-likeness (QED) is 0.193. The van der Waals surface area contributed by atoms with Gasteiger partial charge in [0.1, 0.15) is 15.7 Å². The monoisotopic (exact) mass is 574 g/mol. The van der Waals surface area contributed by atoms with Crippen molar-refractivity contribution >= 4 is 64.4 Å². The zero-order chi connectivity index (χ0) is 27.1. The molecular formula is C27H27O6PS3. The molecule has 0 heterocycles. The van der Waals surface area contributed by atoms with Gasteiger partial charge >= 0.3 is 26.5 Å². The first kappa shape index (κ1) is 29.1. The standard InChI is InChI=1S/C27H27O6PS3/c1-16-10-4-7-13-19(16)22(35)25(28)31-34(32-26(29)23(36)20-14-8-5-11-17(20)2)33-27(30)24(37)21-15-9-6-12-18(21)3/h4-15,22-24,35-37H,1-3H3. The van der Waals surface area contributed by atoms with Crippen LogP contribution in [0.3, 0.4) is 0 Å². The normalized spacial score (nSPS) is 14.1. The second-order valence-corrected chi connectivity index (χ2v) is 10.8. The second-order valence-electron chi connectivity index (χ2n) is 8.23. The van der Waals surface area contributed by atoms with E-state index in [0.717, 1.165) is 16.7 Å². The second kappa shape index (κ2) is 13.4. The Hall–Kier alpha value is -2.45. The van der Waals surface area contributed by atoms with E-state index in [2.05, 4.69) is 37.9 Å². The van der Waals surface area contributed by atoms with Crippen LogP contribution in [0.25, 0.3) is 0 Å². The highest BCUT2D eigenvalue weighted by molar-refractivity contribution is 7.81. The van der Waals surface area contributed by atoms with E-state index in [1.54, 1.807) is 36.4 Å². The van der Waals surface area contributed by atoms with Gasteiger partial charge in [0, 0.05) is 0 Å². The summed E-state index contributed by atoms with van der Waals surface area (Å²) < 4.78 is 16.2. The van der Waals surface area contributed by atoms with Gasteiger partial charge in [-0.2, -0.15) is 37.9 Å². The molecule has 0 radical (unpaired) electrons. The molecule has 194 valence electrons. The molecule has 0 saturated carbocycles. The number of hydrogen-bond acceptors (Lipinski definition) is 9. The van der Waals surface area contributed by atoms with Crippen LogP contribution in [0.15, 0.2) is 72.8 Å². The van der Waals surface area contributed by atoms with E-state index in [4.69, 9.17) is 13.6 Å². The topological polar surface area (TPSA) is 78.9 Å². The van der Waals surface area contributed by atoms with Gasteiger partial charge in [-0.25, -0.2) is 0 Å². The number of carbonyl (C=O) groups is 3. The van der Waals surface area contributed by atoms with Crippen LogP contribution in [0.4, 0.5) is 0 Å². The minimum absolute atomic E-state index is 0.613. The molecule has 0 bridgehead atoms.